The molecule has 13 heavy (non-hydrogen) atoms. The van der Waals surface area contributed by atoms with Gasteiger partial charge in [-0.2, -0.15) is 0 Å². The molecule has 1 saturated carbocycles. The molecule has 1 aliphatic carbocycles. The third-order valence-corrected chi connectivity index (χ3v) is 4.06. The van der Waals surface area contributed by atoms with E-state index in [-0.39, 0.29) is 0 Å². The summed E-state index contributed by atoms with van der Waals surface area (Å²) >= 11 is 0. The second-order valence-corrected chi connectivity index (χ2v) is 5.52. The first-order chi connectivity index (χ1) is 6.16. The van der Waals surface area contributed by atoms with Crippen molar-refractivity contribution in [1.29, 1.82) is 0 Å². The van der Waals surface area contributed by atoms with Crippen molar-refractivity contribution in [3.63, 3.8) is 0 Å². The van der Waals surface area contributed by atoms with Gasteiger partial charge in [0.2, 0.25) is 0 Å². The minimum atomic E-state index is 0.891. The van der Waals surface area contributed by atoms with Gasteiger partial charge in [-0.3, -0.25) is 0 Å². The standard InChI is InChI=1S/C12H23N/c1-9(2)11-4-5-13(8-11)12-6-10(3)7-12/h9-12H,4-8H2,1-3H3. The number of likely N-dealkylation sites (tertiary alicyclic amines) is 1. The summed E-state index contributed by atoms with van der Waals surface area (Å²) in [7, 11) is 0. The van der Waals surface area contributed by atoms with Gasteiger partial charge in [-0.15, -0.1) is 0 Å². The minimum absolute atomic E-state index is 0.891. The Morgan fingerprint density at radius 2 is 1.92 bits per heavy atom. The highest BCUT2D eigenvalue weighted by Crippen LogP contribution is 2.35. The smallest absolute Gasteiger partial charge is 0.0100 e. The van der Waals surface area contributed by atoms with Crippen LogP contribution in [0.15, 0.2) is 0 Å². The van der Waals surface area contributed by atoms with Crippen molar-refractivity contribution in [1.82, 2.24) is 4.90 Å². The predicted octanol–water partition coefficient (Wildman–Crippen LogP) is 2.76. The fourth-order valence-electron chi connectivity index (χ4n) is 2.85. The second-order valence-electron chi connectivity index (χ2n) is 5.52. The highest BCUT2D eigenvalue weighted by Gasteiger charge is 2.35. The summed E-state index contributed by atoms with van der Waals surface area (Å²) in [5, 5.41) is 0. The van der Waals surface area contributed by atoms with E-state index in [4.69, 9.17) is 0 Å². The maximum absolute atomic E-state index is 2.74. The van der Waals surface area contributed by atoms with Gasteiger partial charge in [-0.05, 0) is 43.6 Å². The maximum Gasteiger partial charge on any atom is 0.0100 e. The van der Waals surface area contributed by atoms with Gasteiger partial charge >= 0.3 is 0 Å². The van der Waals surface area contributed by atoms with Crippen molar-refractivity contribution in [3.05, 3.63) is 0 Å². The molecule has 0 aromatic carbocycles. The number of hydrogen-bond donors (Lipinski definition) is 0. The Kier molecular flexibility index (Phi) is 2.64. The van der Waals surface area contributed by atoms with Crippen LogP contribution in [0.4, 0.5) is 0 Å². The molecule has 76 valence electrons. The molecule has 1 saturated heterocycles. The first-order valence-corrected chi connectivity index (χ1v) is 5.91. The lowest BCUT2D eigenvalue weighted by molar-refractivity contribution is 0.103. The van der Waals surface area contributed by atoms with Crippen LogP contribution >= 0.6 is 0 Å². The van der Waals surface area contributed by atoms with E-state index >= 15 is 0 Å². The van der Waals surface area contributed by atoms with E-state index in [1.807, 2.05) is 0 Å². The topological polar surface area (TPSA) is 3.24 Å². The van der Waals surface area contributed by atoms with Crippen LogP contribution in [-0.4, -0.2) is 24.0 Å². The quantitative estimate of drug-likeness (QED) is 0.633. The summed E-state index contributed by atoms with van der Waals surface area (Å²) in [5.41, 5.74) is 0. The van der Waals surface area contributed by atoms with Gasteiger partial charge in [0.25, 0.3) is 0 Å². The summed E-state index contributed by atoms with van der Waals surface area (Å²) in [6.45, 7) is 9.89. The molecule has 1 nitrogen and oxygen atoms in total. The van der Waals surface area contributed by atoms with Gasteiger partial charge in [0.15, 0.2) is 0 Å². The fourth-order valence-corrected chi connectivity index (χ4v) is 2.85. The van der Waals surface area contributed by atoms with Crippen LogP contribution in [0.2, 0.25) is 0 Å². The molecule has 1 heteroatoms. The van der Waals surface area contributed by atoms with Crippen molar-refractivity contribution in [2.75, 3.05) is 13.1 Å². The Balaban J connectivity index is 1.78. The molecule has 2 aliphatic rings. The molecule has 2 fully saturated rings. The van der Waals surface area contributed by atoms with Crippen LogP contribution in [0.1, 0.15) is 40.0 Å². The highest BCUT2D eigenvalue weighted by atomic mass is 15.2. The molecule has 0 spiro atoms. The van der Waals surface area contributed by atoms with Gasteiger partial charge in [-0.1, -0.05) is 20.8 Å². The molecule has 0 aromatic rings. The normalized spacial score (nSPS) is 41.1. The molecule has 1 atom stereocenters. The largest absolute Gasteiger partial charge is 0.300 e. The van der Waals surface area contributed by atoms with Gasteiger partial charge in [0.05, 0.1) is 0 Å². The number of rotatable bonds is 2. The van der Waals surface area contributed by atoms with Gasteiger partial charge in [-0.25, -0.2) is 0 Å². The third kappa shape index (κ3) is 1.90. The van der Waals surface area contributed by atoms with E-state index in [0.717, 1.165) is 23.8 Å². The zero-order valence-corrected chi connectivity index (χ0v) is 9.29. The SMILES string of the molecule is CC1CC(N2CCC(C(C)C)C2)C1. The first kappa shape index (κ1) is 9.51. The summed E-state index contributed by atoms with van der Waals surface area (Å²) < 4.78 is 0. The molecule has 1 unspecified atom stereocenters. The minimum Gasteiger partial charge on any atom is -0.300 e. The average molecular weight is 181 g/mol. The van der Waals surface area contributed by atoms with Crippen LogP contribution < -0.4 is 0 Å². The monoisotopic (exact) mass is 181 g/mol. The Hall–Kier alpha value is -0.0400. The zero-order chi connectivity index (χ0) is 9.42. The van der Waals surface area contributed by atoms with Gasteiger partial charge in [0, 0.05) is 12.6 Å². The Morgan fingerprint density at radius 3 is 2.38 bits per heavy atom. The molecule has 1 aliphatic heterocycles. The third-order valence-electron chi connectivity index (χ3n) is 4.06. The highest BCUT2D eigenvalue weighted by molar-refractivity contribution is 4.89. The lowest BCUT2D eigenvalue weighted by Crippen LogP contribution is -2.42. The van der Waals surface area contributed by atoms with Crippen molar-refractivity contribution >= 4 is 0 Å². The summed E-state index contributed by atoms with van der Waals surface area (Å²) in [6.07, 6.45) is 4.37. The molecule has 0 amide bonds. The molecular weight excluding hydrogens is 158 g/mol. The van der Waals surface area contributed by atoms with Crippen molar-refractivity contribution in [2.24, 2.45) is 17.8 Å². The zero-order valence-electron chi connectivity index (χ0n) is 9.29. The molecule has 0 radical (unpaired) electrons. The molecule has 0 N–H and O–H groups in total. The molecule has 0 bridgehead atoms. The molecule has 1 heterocycles. The van der Waals surface area contributed by atoms with E-state index in [9.17, 15) is 0 Å². The van der Waals surface area contributed by atoms with Crippen LogP contribution in [0.25, 0.3) is 0 Å². The van der Waals surface area contributed by atoms with Gasteiger partial charge in [0.1, 0.15) is 0 Å². The molecular formula is C12H23N. The van der Waals surface area contributed by atoms with E-state index < -0.39 is 0 Å². The van der Waals surface area contributed by atoms with Crippen molar-refractivity contribution in [2.45, 2.75) is 46.1 Å². The van der Waals surface area contributed by atoms with E-state index in [0.29, 0.717) is 0 Å². The fraction of sp³-hybridized carbons (Fsp3) is 1.00. The summed E-state index contributed by atoms with van der Waals surface area (Å²) in [4.78, 5) is 2.74. The predicted molar refractivity (Wildman–Crippen MR) is 56.7 cm³/mol. The van der Waals surface area contributed by atoms with Crippen LogP contribution in [0.5, 0.6) is 0 Å². The second kappa shape index (κ2) is 3.61. The Labute approximate surface area is 82.5 Å². The van der Waals surface area contributed by atoms with Gasteiger partial charge < -0.3 is 4.90 Å². The summed E-state index contributed by atoms with van der Waals surface area (Å²) in [5.74, 6) is 2.88. The molecule has 0 aromatic heterocycles. The van der Waals surface area contributed by atoms with E-state index in [1.165, 1.54) is 32.4 Å². The first-order valence-electron chi connectivity index (χ1n) is 5.91. The van der Waals surface area contributed by atoms with Crippen LogP contribution in [-0.2, 0) is 0 Å². The number of hydrogen-bond acceptors (Lipinski definition) is 1. The van der Waals surface area contributed by atoms with Crippen molar-refractivity contribution < 1.29 is 0 Å². The number of nitrogens with zero attached hydrogens (tertiary/aromatic N) is 1. The Morgan fingerprint density at radius 1 is 1.23 bits per heavy atom. The Bertz CT molecular complexity index is 170. The van der Waals surface area contributed by atoms with Crippen LogP contribution in [0, 0.1) is 17.8 Å². The lowest BCUT2D eigenvalue weighted by Gasteiger charge is -2.39. The molecule has 2 rings (SSSR count). The summed E-state index contributed by atoms with van der Waals surface area (Å²) in [6, 6.07) is 0.957. The van der Waals surface area contributed by atoms with Crippen LogP contribution in [0.3, 0.4) is 0 Å². The average Bonchev–Trinajstić information content (AvgIpc) is 2.46. The van der Waals surface area contributed by atoms with E-state index in [1.54, 1.807) is 0 Å². The maximum atomic E-state index is 2.74. The van der Waals surface area contributed by atoms with E-state index in [2.05, 4.69) is 25.7 Å². The lowest BCUT2D eigenvalue weighted by atomic mass is 9.81. The van der Waals surface area contributed by atoms with Crippen molar-refractivity contribution in [3.8, 4) is 0 Å².